The smallest absolute Gasteiger partial charge is 0.0938 e. The first-order valence-electron chi connectivity index (χ1n) is 3.28. The van der Waals surface area contributed by atoms with Crippen LogP contribution in [-0.2, 0) is 0 Å². The summed E-state index contributed by atoms with van der Waals surface area (Å²) in [7, 11) is 0. The van der Waals surface area contributed by atoms with E-state index in [2.05, 4.69) is 10.4 Å². The van der Waals surface area contributed by atoms with Gasteiger partial charge in [0, 0.05) is 5.92 Å². The van der Waals surface area contributed by atoms with E-state index in [1.165, 1.54) is 0 Å². The van der Waals surface area contributed by atoms with Crippen LogP contribution in [0.5, 0.6) is 0 Å². The van der Waals surface area contributed by atoms with Crippen molar-refractivity contribution in [3.8, 4) is 0 Å². The van der Waals surface area contributed by atoms with Gasteiger partial charge in [-0.05, 0) is 13.8 Å². The minimum Gasteiger partial charge on any atom is -0.151 e. The minimum absolute atomic E-state index is 0.0602. The zero-order valence-electron chi connectivity index (χ0n) is 6.44. The molecule has 0 aromatic carbocycles. The van der Waals surface area contributed by atoms with E-state index in [0.29, 0.717) is 0 Å². The Labute approximate surface area is 60.0 Å². The first-order chi connectivity index (χ1) is 4.63. The van der Waals surface area contributed by atoms with Crippen molar-refractivity contribution >= 4 is 0 Å². The van der Waals surface area contributed by atoms with Crippen molar-refractivity contribution in [2.45, 2.75) is 32.9 Å². The van der Waals surface area contributed by atoms with E-state index in [4.69, 9.17) is 0 Å². The molecular formula is C6H12N2O2. The zero-order chi connectivity index (χ0) is 8.15. The molecule has 0 amide bonds. The maximum absolute atomic E-state index is 9.97. The van der Waals surface area contributed by atoms with Crippen molar-refractivity contribution in [1.82, 2.24) is 0 Å². The van der Waals surface area contributed by atoms with Gasteiger partial charge >= 0.3 is 0 Å². The van der Waals surface area contributed by atoms with E-state index in [1.54, 1.807) is 20.8 Å². The van der Waals surface area contributed by atoms with Gasteiger partial charge in [0.1, 0.15) is 0 Å². The van der Waals surface area contributed by atoms with Gasteiger partial charge in [-0.15, -0.1) is 0 Å². The first kappa shape index (κ1) is 9.20. The molecule has 2 unspecified atom stereocenters. The third-order valence-electron chi connectivity index (χ3n) is 1.85. The summed E-state index contributed by atoms with van der Waals surface area (Å²) in [6.07, 6.45) is 0. The van der Waals surface area contributed by atoms with Gasteiger partial charge in [-0.25, -0.2) is 0 Å². The van der Waals surface area contributed by atoms with Crippen LogP contribution in [0.1, 0.15) is 20.8 Å². The van der Waals surface area contributed by atoms with Gasteiger partial charge in [0.2, 0.25) is 0 Å². The Balaban J connectivity index is 3.91. The fraction of sp³-hybridized carbons (Fsp3) is 1.00. The molecule has 4 heteroatoms. The number of rotatable bonds is 4. The van der Waals surface area contributed by atoms with Gasteiger partial charge in [-0.3, -0.25) is 0 Å². The number of nitrogens with zero attached hydrogens (tertiary/aromatic N) is 2. The van der Waals surface area contributed by atoms with Crippen LogP contribution in [0.3, 0.4) is 0 Å². The Morgan fingerprint density at radius 3 is 1.40 bits per heavy atom. The third-order valence-corrected chi connectivity index (χ3v) is 1.85. The lowest BCUT2D eigenvalue weighted by molar-refractivity contribution is 0.414. The predicted molar refractivity (Wildman–Crippen MR) is 39.7 cm³/mol. The van der Waals surface area contributed by atoms with Crippen LogP contribution in [0.15, 0.2) is 10.4 Å². The average Bonchev–Trinajstić information content (AvgIpc) is 2.00. The lowest BCUT2D eigenvalue weighted by atomic mass is 9.97. The monoisotopic (exact) mass is 144 g/mol. The maximum Gasteiger partial charge on any atom is 0.0938 e. The van der Waals surface area contributed by atoms with E-state index >= 15 is 0 Å². The lowest BCUT2D eigenvalue weighted by Crippen LogP contribution is -2.21. The third kappa shape index (κ3) is 2.21. The highest BCUT2D eigenvalue weighted by atomic mass is 16.3. The van der Waals surface area contributed by atoms with Gasteiger partial charge in [0.15, 0.2) is 0 Å². The summed E-state index contributed by atoms with van der Waals surface area (Å²) in [5, 5.41) is 5.62. The number of hydrogen-bond acceptors (Lipinski definition) is 4. The van der Waals surface area contributed by atoms with E-state index in [9.17, 15) is 9.81 Å². The fourth-order valence-electron chi connectivity index (χ4n) is 0.595. The molecule has 0 aliphatic rings. The van der Waals surface area contributed by atoms with Gasteiger partial charge in [0.05, 0.1) is 12.1 Å². The van der Waals surface area contributed by atoms with Crippen LogP contribution in [0.4, 0.5) is 0 Å². The van der Waals surface area contributed by atoms with Crippen molar-refractivity contribution in [2.75, 3.05) is 0 Å². The quantitative estimate of drug-likeness (QED) is 0.566. The van der Waals surface area contributed by atoms with Gasteiger partial charge in [-0.2, -0.15) is 9.81 Å². The fourth-order valence-corrected chi connectivity index (χ4v) is 0.595. The molecule has 0 saturated carbocycles. The van der Waals surface area contributed by atoms with Crippen molar-refractivity contribution in [3.63, 3.8) is 0 Å². The highest BCUT2D eigenvalue weighted by Gasteiger charge is 2.19. The molecule has 0 heterocycles. The van der Waals surface area contributed by atoms with Gasteiger partial charge in [0.25, 0.3) is 0 Å². The topological polar surface area (TPSA) is 58.9 Å². The second-order valence-electron chi connectivity index (χ2n) is 2.55. The molecule has 0 aromatic heterocycles. The second-order valence-corrected chi connectivity index (χ2v) is 2.55. The van der Waals surface area contributed by atoms with Crippen molar-refractivity contribution in [3.05, 3.63) is 9.81 Å². The minimum atomic E-state index is -0.326. The van der Waals surface area contributed by atoms with Crippen LogP contribution >= 0.6 is 0 Å². The summed E-state index contributed by atoms with van der Waals surface area (Å²) in [6.45, 7) is 5.15. The Kier molecular flexibility index (Phi) is 3.76. The van der Waals surface area contributed by atoms with Crippen LogP contribution in [0.25, 0.3) is 0 Å². The van der Waals surface area contributed by atoms with E-state index in [-0.39, 0.29) is 18.0 Å². The first-order valence-corrected chi connectivity index (χ1v) is 3.28. The summed E-state index contributed by atoms with van der Waals surface area (Å²) in [6, 6.07) is -0.652. The SMILES string of the molecule is CC(N=O)C(C)C(C)N=O. The summed E-state index contributed by atoms with van der Waals surface area (Å²) in [5.41, 5.74) is 0. The Morgan fingerprint density at radius 2 is 1.20 bits per heavy atom. The molecule has 0 saturated heterocycles. The lowest BCUT2D eigenvalue weighted by Gasteiger charge is -2.14. The summed E-state index contributed by atoms with van der Waals surface area (Å²) < 4.78 is 0. The highest BCUT2D eigenvalue weighted by molar-refractivity contribution is 4.76. The Bertz CT molecular complexity index is 113. The number of hydrogen-bond donors (Lipinski definition) is 0. The highest BCUT2D eigenvalue weighted by Crippen LogP contribution is 2.13. The van der Waals surface area contributed by atoms with Gasteiger partial charge < -0.3 is 0 Å². The maximum atomic E-state index is 9.97. The van der Waals surface area contributed by atoms with Crippen LogP contribution in [0.2, 0.25) is 0 Å². The molecule has 0 radical (unpaired) electrons. The standard InChI is InChI=1S/C6H12N2O2/c1-4(5(2)7-9)6(3)8-10/h4-6H,1-3H3. The van der Waals surface area contributed by atoms with Crippen molar-refractivity contribution in [2.24, 2.45) is 16.3 Å². The van der Waals surface area contributed by atoms with Gasteiger partial charge in [-0.1, -0.05) is 17.3 Å². The Hall–Kier alpha value is -0.800. The largest absolute Gasteiger partial charge is 0.151 e. The van der Waals surface area contributed by atoms with Crippen molar-refractivity contribution in [1.29, 1.82) is 0 Å². The molecule has 0 aliphatic carbocycles. The van der Waals surface area contributed by atoms with E-state index in [1.807, 2.05) is 0 Å². The molecule has 10 heavy (non-hydrogen) atoms. The summed E-state index contributed by atoms with van der Waals surface area (Å²) >= 11 is 0. The predicted octanol–water partition coefficient (Wildman–Crippen LogP) is 1.93. The normalized spacial score (nSPS) is 19.1. The molecule has 0 N–H and O–H groups in total. The molecule has 0 spiro atoms. The summed E-state index contributed by atoms with van der Waals surface area (Å²) in [4.78, 5) is 19.9. The molecule has 2 atom stereocenters. The molecule has 0 aliphatic heterocycles. The average molecular weight is 144 g/mol. The number of nitroso groups, excluding NO2 is 2. The second kappa shape index (κ2) is 4.09. The Morgan fingerprint density at radius 1 is 0.900 bits per heavy atom. The molecule has 0 rings (SSSR count). The molecule has 0 aromatic rings. The van der Waals surface area contributed by atoms with Crippen LogP contribution < -0.4 is 0 Å². The molecule has 0 fully saturated rings. The zero-order valence-corrected chi connectivity index (χ0v) is 6.44. The van der Waals surface area contributed by atoms with E-state index in [0.717, 1.165) is 0 Å². The van der Waals surface area contributed by atoms with Crippen molar-refractivity contribution < 1.29 is 0 Å². The molecular weight excluding hydrogens is 132 g/mol. The molecule has 58 valence electrons. The van der Waals surface area contributed by atoms with E-state index < -0.39 is 0 Å². The molecule has 4 nitrogen and oxygen atoms in total. The molecule has 0 bridgehead atoms. The van der Waals surface area contributed by atoms with Crippen LogP contribution in [-0.4, -0.2) is 12.1 Å². The summed E-state index contributed by atoms with van der Waals surface area (Å²) in [5.74, 6) is -0.0602. The van der Waals surface area contributed by atoms with Crippen LogP contribution in [0, 0.1) is 15.7 Å².